The summed E-state index contributed by atoms with van der Waals surface area (Å²) in [5.74, 6) is -3.33. The second-order valence-corrected chi connectivity index (χ2v) is 11.6. The third-order valence-corrected chi connectivity index (χ3v) is 9.22. The summed E-state index contributed by atoms with van der Waals surface area (Å²) in [6.07, 6.45) is -2.86. The minimum Gasteiger partial charge on any atom is -0.420 e. The predicted molar refractivity (Wildman–Crippen MR) is 149 cm³/mol. The predicted octanol–water partition coefficient (Wildman–Crippen LogP) is 5.02. The van der Waals surface area contributed by atoms with Crippen LogP contribution in [0, 0.1) is 11.7 Å². The molecule has 0 spiro atoms. The third kappa shape index (κ3) is 5.29. The lowest BCUT2D eigenvalue weighted by Gasteiger charge is -2.46. The van der Waals surface area contributed by atoms with Gasteiger partial charge in [0.1, 0.15) is 18.5 Å². The van der Waals surface area contributed by atoms with Crippen LogP contribution in [0.25, 0.3) is 0 Å². The highest BCUT2D eigenvalue weighted by Gasteiger charge is 2.48. The van der Waals surface area contributed by atoms with Crippen LogP contribution in [0.2, 0.25) is 0 Å². The molecule has 3 aromatic rings. The summed E-state index contributed by atoms with van der Waals surface area (Å²) < 4.78 is 69.8. The second-order valence-electron chi connectivity index (χ2n) is 10.6. The van der Waals surface area contributed by atoms with Crippen molar-refractivity contribution in [1.29, 1.82) is 0 Å². The number of thioether (sulfide) groups is 1. The number of carbonyl (C=O) groups excluding carboxylic acids is 2. The fourth-order valence-electron chi connectivity index (χ4n) is 5.70. The van der Waals surface area contributed by atoms with Crippen molar-refractivity contribution in [2.24, 2.45) is 5.92 Å². The summed E-state index contributed by atoms with van der Waals surface area (Å²) in [6.45, 7) is 0.919. The summed E-state index contributed by atoms with van der Waals surface area (Å²) >= 11 is 1.39. The van der Waals surface area contributed by atoms with E-state index in [1.807, 2.05) is 12.1 Å². The molecule has 1 amide bonds. The molecule has 0 bridgehead atoms. The van der Waals surface area contributed by atoms with Crippen LogP contribution in [-0.4, -0.2) is 53.6 Å². The first-order valence-corrected chi connectivity index (χ1v) is 14.7. The molecule has 1 unspecified atom stereocenters. The number of hydrogen-bond acceptors (Lipinski definition) is 7. The first-order chi connectivity index (χ1) is 20.6. The molecule has 4 heterocycles. The van der Waals surface area contributed by atoms with Gasteiger partial charge in [-0.25, -0.2) is 4.39 Å². The molecule has 13 heteroatoms. The fourth-order valence-corrected chi connectivity index (χ4v) is 6.83. The van der Waals surface area contributed by atoms with E-state index in [0.717, 1.165) is 17.9 Å². The maximum Gasteiger partial charge on any atom is 0.408 e. The molecule has 0 radical (unpaired) electrons. The van der Waals surface area contributed by atoms with Gasteiger partial charge in [0.15, 0.2) is 5.69 Å². The highest BCUT2D eigenvalue weighted by molar-refractivity contribution is 7.98. The molecule has 8 nitrogen and oxygen atoms in total. The Morgan fingerprint density at radius 2 is 1.77 bits per heavy atom. The number of nitrogens with zero attached hydrogens (tertiary/aromatic N) is 3. The molecule has 1 saturated heterocycles. The van der Waals surface area contributed by atoms with E-state index in [4.69, 9.17) is 9.47 Å². The molecule has 3 aliphatic heterocycles. The molecular weight excluding hydrogens is 590 g/mol. The van der Waals surface area contributed by atoms with Crippen molar-refractivity contribution in [2.75, 3.05) is 24.9 Å². The average molecular weight is 618 g/mol. The molecule has 2 atom stereocenters. The summed E-state index contributed by atoms with van der Waals surface area (Å²) in [4.78, 5) is 41.4. The van der Waals surface area contributed by atoms with Crippen molar-refractivity contribution < 1.29 is 36.6 Å². The Balaban J connectivity index is 1.56. The van der Waals surface area contributed by atoms with E-state index in [9.17, 15) is 27.6 Å². The Hall–Kier alpha value is -3.84. The van der Waals surface area contributed by atoms with Gasteiger partial charge in [-0.2, -0.15) is 13.2 Å². The number of amides is 1. The van der Waals surface area contributed by atoms with Gasteiger partial charge < -0.3 is 14.4 Å². The van der Waals surface area contributed by atoms with Crippen LogP contribution in [0.5, 0.6) is 5.75 Å². The van der Waals surface area contributed by atoms with Gasteiger partial charge in [-0.05, 0) is 43.0 Å². The van der Waals surface area contributed by atoms with Gasteiger partial charge in [0.05, 0.1) is 12.0 Å². The van der Waals surface area contributed by atoms with Gasteiger partial charge >= 0.3 is 12.1 Å². The molecule has 3 aliphatic rings. The number of alkyl halides is 3. The Labute approximate surface area is 248 Å². The van der Waals surface area contributed by atoms with Gasteiger partial charge in [-0.1, -0.05) is 30.3 Å². The molecule has 2 aromatic carbocycles. The standard InChI is InChI=1S/C30H27F4N3O5S/c1-17(30(32,33)34)35-16-37(25-19-6-4-7-22(31)21(19)15-43-24-8-3-2-5-20(24)25)36-12-9-23(38)27(26(36)28(35)39)42-29(40)18-10-13-41-14-11-18/h2-9,12,17-18,25H,10-11,13-16H2,1H3/t17-,25?/m1/s1. The number of halogens is 4. The van der Waals surface area contributed by atoms with Gasteiger partial charge in [-0.3, -0.25) is 24.1 Å². The summed E-state index contributed by atoms with van der Waals surface area (Å²) in [5, 5.41) is 1.48. The van der Waals surface area contributed by atoms with Gasteiger partial charge in [0, 0.05) is 41.7 Å². The Morgan fingerprint density at radius 1 is 1.05 bits per heavy atom. The molecule has 226 valence electrons. The van der Waals surface area contributed by atoms with E-state index in [0.29, 0.717) is 47.6 Å². The average Bonchev–Trinajstić information content (AvgIpc) is 3.16. The monoisotopic (exact) mass is 617 g/mol. The zero-order valence-electron chi connectivity index (χ0n) is 23.0. The first kappa shape index (κ1) is 29.2. The van der Waals surface area contributed by atoms with E-state index in [2.05, 4.69) is 0 Å². The van der Waals surface area contributed by atoms with Crippen molar-refractivity contribution in [3.05, 3.63) is 93.2 Å². The number of benzene rings is 2. The van der Waals surface area contributed by atoms with Crippen LogP contribution >= 0.6 is 11.8 Å². The molecule has 0 aliphatic carbocycles. The quantitative estimate of drug-likeness (QED) is 0.301. The number of ether oxygens (including phenoxy) is 2. The first-order valence-electron chi connectivity index (χ1n) is 13.7. The number of hydrogen-bond donors (Lipinski definition) is 0. The fraction of sp³-hybridized carbons (Fsp3) is 0.367. The highest BCUT2D eigenvalue weighted by Crippen LogP contribution is 2.44. The normalized spacial score (nSPS) is 19.7. The molecule has 0 saturated carbocycles. The van der Waals surface area contributed by atoms with Crippen molar-refractivity contribution in [2.45, 2.75) is 48.7 Å². The second kappa shape index (κ2) is 11.3. The van der Waals surface area contributed by atoms with Crippen molar-refractivity contribution in [3.8, 4) is 5.75 Å². The lowest BCUT2D eigenvalue weighted by molar-refractivity contribution is -0.173. The topological polar surface area (TPSA) is 81.1 Å². The largest absolute Gasteiger partial charge is 0.420 e. The maximum atomic E-state index is 15.2. The van der Waals surface area contributed by atoms with E-state index in [1.54, 1.807) is 18.2 Å². The number of aromatic nitrogens is 1. The van der Waals surface area contributed by atoms with Crippen LogP contribution in [0.1, 0.15) is 53.0 Å². The zero-order valence-corrected chi connectivity index (χ0v) is 23.8. The number of esters is 1. The molecular formula is C30H27F4N3O5S. The molecule has 1 fully saturated rings. The maximum absolute atomic E-state index is 15.2. The molecule has 0 N–H and O–H groups in total. The number of carbonyl (C=O) groups is 2. The van der Waals surface area contributed by atoms with Gasteiger partial charge in [-0.15, -0.1) is 11.8 Å². The van der Waals surface area contributed by atoms with Crippen LogP contribution in [0.3, 0.4) is 0 Å². The minimum absolute atomic E-state index is 0.274. The molecule has 1 aromatic heterocycles. The summed E-state index contributed by atoms with van der Waals surface area (Å²) in [5.41, 5.74) is 0.204. The Bertz CT molecular complexity index is 1640. The Kier molecular flexibility index (Phi) is 7.71. The van der Waals surface area contributed by atoms with Gasteiger partial charge in [0.25, 0.3) is 5.91 Å². The summed E-state index contributed by atoms with van der Waals surface area (Å²) in [7, 11) is 0. The third-order valence-electron chi connectivity index (χ3n) is 8.10. The van der Waals surface area contributed by atoms with E-state index in [-0.39, 0.29) is 5.75 Å². The van der Waals surface area contributed by atoms with E-state index >= 15 is 4.39 Å². The lowest BCUT2D eigenvalue weighted by Crippen LogP contribution is -2.60. The van der Waals surface area contributed by atoms with E-state index < -0.39 is 65.4 Å². The zero-order chi connectivity index (χ0) is 30.5. The summed E-state index contributed by atoms with van der Waals surface area (Å²) in [6, 6.07) is 9.75. The van der Waals surface area contributed by atoms with Crippen molar-refractivity contribution in [1.82, 2.24) is 9.58 Å². The number of pyridine rings is 1. The van der Waals surface area contributed by atoms with E-state index in [1.165, 1.54) is 39.8 Å². The molecule has 43 heavy (non-hydrogen) atoms. The smallest absolute Gasteiger partial charge is 0.408 e. The number of fused-ring (bicyclic) bond motifs is 3. The van der Waals surface area contributed by atoms with Crippen molar-refractivity contribution >= 4 is 23.6 Å². The van der Waals surface area contributed by atoms with Crippen LogP contribution in [0.15, 0.2) is 64.4 Å². The highest BCUT2D eigenvalue weighted by atomic mass is 32.2. The van der Waals surface area contributed by atoms with Crippen LogP contribution in [-0.2, 0) is 15.3 Å². The minimum atomic E-state index is -4.81. The number of rotatable bonds is 4. The SMILES string of the molecule is C[C@@H](N1CN(C2c3ccccc3SCc3c(F)cccc32)n2ccc(=O)c(OC(=O)C3CCOCC3)c2C1=O)C(F)(F)F. The Morgan fingerprint density at radius 3 is 2.51 bits per heavy atom. The van der Waals surface area contributed by atoms with Crippen LogP contribution < -0.4 is 15.2 Å². The van der Waals surface area contributed by atoms with Crippen molar-refractivity contribution in [3.63, 3.8) is 0 Å². The molecule has 6 rings (SSSR count). The van der Waals surface area contributed by atoms with Gasteiger partial charge in [0.2, 0.25) is 11.2 Å². The van der Waals surface area contributed by atoms with Crippen LogP contribution in [0.4, 0.5) is 17.6 Å². The lowest BCUT2D eigenvalue weighted by atomic mass is 9.94.